The lowest BCUT2D eigenvalue weighted by Crippen LogP contribution is -2.49. The lowest BCUT2D eigenvalue weighted by molar-refractivity contribution is 0.0901. The molecule has 5 nitrogen and oxygen atoms in total. The predicted molar refractivity (Wildman–Crippen MR) is 78.9 cm³/mol. The van der Waals surface area contributed by atoms with Crippen LogP contribution in [-0.2, 0) is 4.74 Å². The highest BCUT2D eigenvalue weighted by Crippen LogP contribution is 2.14. The van der Waals surface area contributed by atoms with Crippen molar-refractivity contribution >= 4 is 11.9 Å². The Morgan fingerprint density at radius 3 is 2.60 bits per heavy atom. The standard InChI is InChI=1S/C15H23N3O2/c1-12(2)11-20-15(19)18-9-7-17(8-10-18)14-6-4-5-13(3)16-14/h4-6,12H,7-11H2,1-3H3. The Labute approximate surface area is 120 Å². The lowest BCUT2D eigenvalue weighted by Gasteiger charge is -2.35. The van der Waals surface area contributed by atoms with Crippen molar-refractivity contribution in [1.29, 1.82) is 0 Å². The zero-order valence-electron chi connectivity index (χ0n) is 12.5. The van der Waals surface area contributed by atoms with Crippen LogP contribution in [0, 0.1) is 12.8 Å². The maximum atomic E-state index is 11.9. The zero-order valence-corrected chi connectivity index (χ0v) is 12.5. The molecule has 1 fully saturated rings. The van der Waals surface area contributed by atoms with Crippen LogP contribution in [-0.4, -0.2) is 48.8 Å². The van der Waals surface area contributed by atoms with Gasteiger partial charge < -0.3 is 14.5 Å². The number of amides is 1. The Balaban J connectivity index is 1.84. The number of carbonyl (C=O) groups excluding carboxylic acids is 1. The molecule has 1 aromatic rings. The highest BCUT2D eigenvalue weighted by atomic mass is 16.6. The number of carbonyl (C=O) groups is 1. The molecular formula is C15H23N3O2. The number of anilines is 1. The van der Waals surface area contributed by atoms with Crippen LogP contribution < -0.4 is 4.90 Å². The Bertz CT molecular complexity index is 454. The van der Waals surface area contributed by atoms with Crippen LogP contribution in [0.25, 0.3) is 0 Å². The van der Waals surface area contributed by atoms with E-state index in [1.807, 2.05) is 39.0 Å². The Kier molecular flexibility index (Phi) is 4.82. The van der Waals surface area contributed by atoms with Crippen LogP contribution in [0.1, 0.15) is 19.5 Å². The van der Waals surface area contributed by atoms with Crippen LogP contribution in [0.15, 0.2) is 18.2 Å². The lowest BCUT2D eigenvalue weighted by atomic mass is 10.2. The fourth-order valence-electron chi connectivity index (χ4n) is 2.15. The number of piperazine rings is 1. The van der Waals surface area contributed by atoms with Crippen molar-refractivity contribution in [1.82, 2.24) is 9.88 Å². The van der Waals surface area contributed by atoms with Crippen molar-refractivity contribution < 1.29 is 9.53 Å². The minimum absolute atomic E-state index is 0.199. The van der Waals surface area contributed by atoms with E-state index in [1.165, 1.54) is 0 Å². The predicted octanol–water partition coefficient (Wildman–Crippen LogP) is 2.30. The second kappa shape index (κ2) is 6.59. The molecule has 0 radical (unpaired) electrons. The van der Waals surface area contributed by atoms with E-state index in [4.69, 9.17) is 4.74 Å². The molecule has 2 rings (SSSR count). The SMILES string of the molecule is Cc1cccc(N2CCN(C(=O)OCC(C)C)CC2)n1. The average Bonchev–Trinajstić information content (AvgIpc) is 2.45. The van der Waals surface area contributed by atoms with E-state index in [2.05, 4.69) is 9.88 Å². The molecule has 0 bridgehead atoms. The molecule has 110 valence electrons. The highest BCUT2D eigenvalue weighted by molar-refractivity contribution is 5.68. The van der Waals surface area contributed by atoms with E-state index in [1.54, 1.807) is 4.90 Å². The highest BCUT2D eigenvalue weighted by Gasteiger charge is 2.22. The first kappa shape index (κ1) is 14.6. The summed E-state index contributed by atoms with van der Waals surface area (Å²) in [5.41, 5.74) is 1.02. The molecule has 0 N–H and O–H groups in total. The topological polar surface area (TPSA) is 45.7 Å². The van der Waals surface area contributed by atoms with Crippen molar-refractivity contribution in [3.05, 3.63) is 23.9 Å². The number of pyridine rings is 1. The van der Waals surface area contributed by atoms with Gasteiger partial charge in [-0.15, -0.1) is 0 Å². The maximum absolute atomic E-state index is 11.9. The molecule has 0 spiro atoms. The van der Waals surface area contributed by atoms with E-state index in [0.29, 0.717) is 25.6 Å². The molecule has 1 amide bonds. The third-order valence-corrected chi connectivity index (χ3v) is 3.28. The summed E-state index contributed by atoms with van der Waals surface area (Å²) < 4.78 is 5.26. The number of nitrogens with zero attached hydrogens (tertiary/aromatic N) is 3. The van der Waals surface area contributed by atoms with Gasteiger partial charge in [-0.05, 0) is 25.0 Å². The third-order valence-electron chi connectivity index (χ3n) is 3.28. The van der Waals surface area contributed by atoms with Gasteiger partial charge in [0.25, 0.3) is 0 Å². The summed E-state index contributed by atoms with van der Waals surface area (Å²) in [4.78, 5) is 20.4. The molecule has 0 aliphatic carbocycles. The number of hydrogen-bond acceptors (Lipinski definition) is 4. The largest absolute Gasteiger partial charge is 0.449 e. The van der Waals surface area contributed by atoms with Gasteiger partial charge in [-0.1, -0.05) is 19.9 Å². The van der Waals surface area contributed by atoms with Gasteiger partial charge in [0.15, 0.2) is 0 Å². The molecule has 20 heavy (non-hydrogen) atoms. The normalized spacial score (nSPS) is 15.6. The van der Waals surface area contributed by atoms with Gasteiger partial charge in [0.2, 0.25) is 0 Å². The summed E-state index contributed by atoms with van der Waals surface area (Å²) in [5, 5.41) is 0. The molecule has 0 unspecified atom stereocenters. The van der Waals surface area contributed by atoms with E-state index in [0.717, 1.165) is 24.6 Å². The van der Waals surface area contributed by atoms with Crippen LogP contribution in [0.4, 0.5) is 10.6 Å². The maximum Gasteiger partial charge on any atom is 0.409 e. The van der Waals surface area contributed by atoms with Crippen molar-refractivity contribution in [2.75, 3.05) is 37.7 Å². The summed E-state index contributed by atoms with van der Waals surface area (Å²) in [6, 6.07) is 6.02. The van der Waals surface area contributed by atoms with Crippen molar-refractivity contribution in [3.63, 3.8) is 0 Å². The quantitative estimate of drug-likeness (QED) is 0.850. The first-order valence-electron chi connectivity index (χ1n) is 7.16. The molecule has 2 heterocycles. The molecular weight excluding hydrogens is 254 g/mol. The van der Waals surface area contributed by atoms with Crippen LogP contribution in [0.5, 0.6) is 0 Å². The monoisotopic (exact) mass is 277 g/mol. The van der Waals surface area contributed by atoms with Crippen molar-refractivity contribution in [2.24, 2.45) is 5.92 Å². The van der Waals surface area contributed by atoms with Gasteiger partial charge in [-0.2, -0.15) is 0 Å². The molecule has 1 saturated heterocycles. The molecule has 0 saturated carbocycles. The first-order chi connectivity index (χ1) is 9.56. The number of aryl methyl sites for hydroxylation is 1. The molecule has 0 aromatic carbocycles. The fraction of sp³-hybridized carbons (Fsp3) is 0.600. The Morgan fingerprint density at radius 1 is 1.30 bits per heavy atom. The van der Waals surface area contributed by atoms with E-state index in [-0.39, 0.29) is 6.09 Å². The summed E-state index contributed by atoms with van der Waals surface area (Å²) in [6.45, 7) is 9.52. The van der Waals surface area contributed by atoms with E-state index < -0.39 is 0 Å². The first-order valence-corrected chi connectivity index (χ1v) is 7.16. The average molecular weight is 277 g/mol. The van der Waals surface area contributed by atoms with Crippen molar-refractivity contribution in [2.45, 2.75) is 20.8 Å². The molecule has 1 aromatic heterocycles. The van der Waals surface area contributed by atoms with Gasteiger partial charge in [0, 0.05) is 31.9 Å². The summed E-state index contributed by atoms with van der Waals surface area (Å²) in [6.07, 6.45) is -0.199. The second-order valence-electron chi connectivity index (χ2n) is 5.58. The van der Waals surface area contributed by atoms with Crippen LogP contribution >= 0.6 is 0 Å². The minimum atomic E-state index is -0.199. The summed E-state index contributed by atoms with van der Waals surface area (Å²) in [5.74, 6) is 1.36. The molecule has 0 atom stereocenters. The minimum Gasteiger partial charge on any atom is -0.449 e. The fourth-order valence-corrected chi connectivity index (χ4v) is 2.15. The molecule has 1 aliphatic heterocycles. The number of ether oxygens (including phenoxy) is 1. The Morgan fingerprint density at radius 2 is 2.00 bits per heavy atom. The van der Waals surface area contributed by atoms with Gasteiger partial charge in [-0.3, -0.25) is 0 Å². The van der Waals surface area contributed by atoms with Gasteiger partial charge in [0.05, 0.1) is 6.61 Å². The van der Waals surface area contributed by atoms with Gasteiger partial charge >= 0.3 is 6.09 Å². The van der Waals surface area contributed by atoms with Crippen LogP contribution in [0.2, 0.25) is 0 Å². The second-order valence-corrected chi connectivity index (χ2v) is 5.58. The van der Waals surface area contributed by atoms with Gasteiger partial charge in [0.1, 0.15) is 5.82 Å². The number of aromatic nitrogens is 1. The zero-order chi connectivity index (χ0) is 14.5. The number of rotatable bonds is 3. The third kappa shape index (κ3) is 3.85. The Hall–Kier alpha value is -1.78. The molecule has 1 aliphatic rings. The van der Waals surface area contributed by atoms with E-state index >= 15 is 0 Å². The molecule has 5 heteroatoms. The number of hydrogen-bond donors (Lipinski definition) is 0. The summed E-state index contributed by atoms with van der Waals surface area (Å²) in [7, 11) is 0. The summed E-state index contributed by atoms with van der Waals surface area (Å²) >= 11 is 0. The van der Waals surface area contributed by atoms with Crippen molar-refractivity contribution in [3.8, 4) is 0 Å². The smallest absolute Gasteiger partial charge is 0.409 e. The van der Waals surface area contributed by atoms with E-state index in [9.17, 15) is 4.79 Å². The van der Waals surface area contributed by atoms with Gasteiger partial charge in [-0.25, -0.2) is 9.78 Å². The van der Waals surface area contributed by atoms with Crippen LogP contribution in [0.3, 0.4) is 0 Å².